The van der Waals surface area contributed by atoms with E-state index in [1.54, 1.807) is 0 Å². The average molecular weight is 294 g/mol. The fourth-order valence-corrected chi connectivity index (χ4v) is 2.45. The fourth-order valence-electron chi connectivity index (χ4n) is 2.45. The lowest BCUT2D eigenvalue weighted by molar-refractivity contribution is 0.0951. The van der Waals surface area contributed by atoms with Crippen molar-refractivity contribution in [3.63, 3.8) is 0 Å². The quantitative estimate of drug-likeness (QED) is 0.777. The number of benzene rings is 2. The van der Waals surface area contributed by atoms with Crippen LogP contribution in [0.4, 0.5) is 0 Å². The molecule has 5 heteroatoms. The molecule has 0 bridgehead atoms. The number of aromatic nitrogens is 3. The molecule has 2 aromatic carbocycles. The molecule has 1 amide bonds. The van der Waals surface area contributed by atoms with Crippen LogP contribution in [0.5, 0.6) is 0 Å². The van der Waals surface area contributed by atoms with Crippen molar-refractivity contribution >= 4 is 16.9 Å². The summed E-state index contributed by atoms with van der Waals surface area (Å²) in [5, 5.41) is 13.8. The van der Waals surface area contributed by atoms with Gasteiger partial charge in [-0.1, -0.05) is 25.1 Å². The smallest absolute Gasteiger partial charge is 0.251 e. The number of hydrogen-bond acceptors (Lipinski definition) is 3. The van der Waals surface area contributed by atoms with Gasteiger partial charge in [-0.25, -0.2) is 0 Å². The van der Waals surface area contributed by atoms with Crippen LogP contribution in [0.1, 0.15) is 34.0 Å². The molecule has 0 aliphatic heterocycles. The third kappa shape index (κ3) is 2.70. The van der Waals surface area contributed by atoms with Crippen LogP contribution >= 0.6 is 0 Å². The lowest BCUT2D eigenvalue weighted by atomic mass is 10.1. The van der Waals surface area contributed by atoms with Crippen LogP contribution < -0.4 is 5.32 Å². The lowest BCUT2D eigenvalue weighted by Crippen LogP contribution is -2.23. The van der Waals surface area contributed by atoms with Crippen LogP contribution in [0.15, 0.2) is 36.4 Å². The van der Waals surface area contributed by atoms with Gasteiger partial charge in [0.2, 0.25) is 0 Å². The average Bonchev–Trinajstić information content (AvgIpc) is 3.02. The highest BCUT2D eigenvalue weighted by molar-refractivity contribution is 5.94. The molecule has 1 heterocycles. The first-order valence-electron chi connectivity index (χ1n) is 7.35. The van der Waals surface area contributed by atoms with E-state index in [0.29, 0.717) is 12.1 Å². The Labute approximate surface area is 128 Å². The van der Waals surface area contributed by atoms with Crippen molar-refractivity contribution in [3.8, 4) is 0 Å². The molecule has 3 rings (SSSR count). The van der Waals surface area contributed by atoms with E-state index >= 15 is 0 Å². The van der Waals surface area contributed by atoms with E-state index in [4.69, 9.17) is 0 Å². The Hall–Kier alpha value is -2.69. The number of fused-ring (bicyclic) bond motifs is 1. The Kier molecular flexibility index (Phi) is 3.87. The van der Waals surface area contributed by atoms with Crippen molar-refractivity contribution in [1.82, 2.24) is 20.7 Å². The molecule has 0 fully saturated rings. The fraction of sp³-hybridized carbons (Fsp3) is 0.235. The summed E-state index contributed by atoms with van der Waals surface area (Å²) in [6.07, 6.45) is 0.968. The number of hydrogen-bond donors (Lipinski definition) is 2. The third-order valence-electron chi connectivity index (χ3n) is 3.88. The molecule has 0 saturated heterocycles. The summed E-state index contributed by atoms with van der Waals surface area (Å²) < 4.78 is 0. The molecule has 5 nitrogen and oxygen atoms in total. The van der Waals surface area contributed by atoms with Crippen LogP contribution in [-0.2, 0) is 13.0 Å². The van der Waals surface area contributed by atoms with Crippen LogP contribution in [-0.4, -0.2) is 21.3 Å². The highest BCUT2D eigenvalue weighted by Crippen LogP contribution is 2.18. The zero-order valence-corrected chi connectivity index (χ0v) is 12.7. The summed E-state index contributed by atoms with van der Waals surface area (Å²) in [5.74, 6) is -0.0810. The minimum atomic E-state index is -0.0810. The normalized spacial score (nSPS) is 10.8. The van der Waals surface area contributed by atoms with Crippen molar-refractivity contribution < 1.29 is 4.79 Å². The van der Waals surface area contributed by atoms with E-state index in [0.717, 1.165) is 28.6 Å². The second kappa shape index (κ2) is 5.97. The summed E-state index contributed by atoms with van der Waals surface area (Å²) in [4.78, 5) is 12.2. The largest absolute Gasteiger partial charge is 0.348 e. The molecule has 112 valence electrons. The molecule has 0 atom stereocenters. The predicted octanol–water partition coefficient (Wildman–Crippen LogP) is 2.76. The number of H-pyrrole nitrogens is 1. The number of amides is 1. The van der Waals surface area contributed by atoms with Crippen molar-refractivity contribution in [1.29, 1.82) is 0 Å². The van der Waals surface area contributed by atoms with Gasteiger partial charge in [-0.05, 0) is 42.7 Å². The van der Waals surface area contributed by atoms with E-state index in [-0.39, 0.29) is 5.91 Å². The van der Waals surface area contributed by atoms with Gasteiger partial charge in [0, 0.05) is 17.7 Å². The first-order valence-corrected chi connectivity index (χ1v) is 7.35. The monoisotopic (exact) mass is 294 g/mol. The molecule has 2 N–H and O–H groups in total. The Bertz CT molecular complexity index is 805. The van der Waals surface area contributed by atoms with Gasteiger partial charge in [-0.15, -0.1) is 0 Å². The van der Waals surface area contributed by atoms with Crippen molar-refractivity contribution in [3.05, 3.63) is 58.7 Å². The summed E-state index contributed by atoms with van der Waals surface area (Å²) in [7, 11) is 0. The third-order valence-corrected chi connectivity index (χ3v) is 3.88. The number of carbonyl (C=O) groups excluding carboxylic acids is 1. The highest BCUT2D eigenvalue weighted by atomic mass is 16.1. The number of nitrogens with one attached hydrogen (secondary N) is 2. The minimum absolute atomic E-state index is 0.0810. The molecule has 0 saturated carbocycles. The molecule has 0 unspecified atom stereocenters. The second-order valence-electron chi connectivity index (χ2n) is 5.29. The molecule has 3 aromatic rings. The summed E-state index contributed by atoms with van der Waals surface area (Å²) in [6, 6.07) is 11.6. The van der Waals surface area contributed by atoms with Gasteiger partial charge >= 0.3 is 0 Å². The van der Waals surface area contributed by atoms with Gasteiger partial charge in [0.15, 0.2) is 0 Å². The highest BCUT2D eigenvalue weighted by Gasteiger charge is 2.11. The first-order chi connectivity index (χ1) is 10.7. The van der Waals surface area contributed by atoms with Gasteiger partial charge in [0.05, 0.1) is 0 Å². The Morgan fingerprint density at radius 2 is 1.91 bits per heavy atom. The van der Waals surface area contributed by atoms with E-state index in [9.17, 15) is 4.79 Å². The second-order valence-corrected chi connectivity index (χ2v) is 5.29. The van der Waals surface area contributed by atoms with Crippen LogP contribution in [0.3, 0.4) is 0 Å². The molecular weight excluding hydrogens is 276 g/mol. The molecular formula is C17H18N4O. The maximum Gasteiger partial charge on any atom is 0.251 e. The Morgan fingerprint density at radius 3 is 2.64 bits per heavy atom. The van der Waals surface area contributed by atoms with Crippen molar-refractivity contribution in [2.24, 2.45) is 0 Å². The minimum Gasteiger partial charge on any atom is -0.348 e. The van der Waals surface area contributed by atoms with E-state index in [2.05, 4.69) is 27.7 Å². The topological polar surface area (TPSA) is 70.7 Å². The van der Waals surface area contributed by atoms with E-state index in [1.165, 1.54) is 5.56 Å². The number of rotatable bonds is 4. The zero-order valence-electron chi connectivity index (χ0n) is 12.7. The van der Waals surface area contributed by atoms with Crippen molar-refractivity contribution in [2.75, 3.05) is 0 Å². The van der Waals surface area contributed by atoms with Crippen LogP contribution in [0.25, 0.3) is 11.0 Å². The molecule has 0 aliphatic carbocycles. The molecule has 0 radical (unpaired) electrons. The number of nitrogens with zero attached hydrogens (tertiary/aromatic N) is 2. The van der Waals surface area contributed by atoms with Crippen molar-refractivity contribution in [2.45, 2.75) is 26.8 Å². The lowest BCUT2D eigenvalue weighted by Gasteiger charge is -2.09. The summed E-state index contributed by atoms with van der Waals surface area (Å²) >= 11 is 0. The van der Waals surface area contributed by atoms with E-state index < -0.39 is 0 Å². The standard InChI is InChI=1S/C17H18N4O/c1-3-12-5-7-13(8-6-12)17(22)18-10-14-11(2)4-9-15-16(14)20-21-19-15/h4-9H,3,10H2,1-2H3,(H,18,22)(H,19,20,21). The van der Waals surface area contributed by atoms with Gasteiger partial charge in [-0.2, -0.15) is 15.4 Å². The van der Waals surface area contributed by atoms with Crippen LogP contribution in [0, 0.1) is 6.92 Å². The summed E-state index contributed by atoms with van der Waals surface area (Å²) in [6.45, 7) is 4.53. The number of aryl methyl sites for hydroxylation is 2. The Balaban J connectivity index is 1.77. The SMILES string of the molecule is CCc1ccc(C(=O)NCc2c(C)ccc3n[nH]nc23)cc1. The van der Waals surface area contributed by atoms with Gasteiger partial charge in [-0.3, -0.25) is 4.79 Å². The zero-order chi connectivity index (χ0) is 15.5. The number of aromatic amines is 1. The maximum atomic E-state index is 12.2. The molecule has 0 spiro atoms. The predicted molar refractivity (Wildman–Crippen MR) is 85.6 cm³/mol. The van der Waals surface area contributed by atoms with Gasteiger partial charge in [0.1, 0.15) is 11.0 Å². The van der Waals surface area contributed by atoms with E-state index in [1.807, 2.05) is 43.3 Å². The maximum absolute atomic E-state index is 12.2. The molecule has 22 heavy (non-hydrogen) atoms. The molecule has 1 aromatic heterocycles. The summed E-state index contributed by atoms with van der Waals surface area (Å²) in [5.41, 5.74) is 5.58. The van der Waals surface area contributed by atoms with Crippen LogP contribution in [0.2, 0.25) is 0 Å². The van der Waals surface area contributed by atoms with Gasteiger partial charge < -0.3 is 5.32 Å². The number of carbonyl (C=O) groups is 1. The first kappa shape index (κ1) is 14.3. The Morgan fingerprint density at radius 1 is 1.14 bits per heavy atom. The molecule has 0 aliphatic rings. The van der Waals surface area contributed by atoms with Gasteiger partial charge in [0.25, 0.3) is 5.91 Å².